The zero-order valence-electron chi connectivity index (χ0n) is 14.8. The molecule has 0 bridgehead atoms. The van der Waals surface area contributed by atoms with Gasteiger partial charge in [0.15, 0.2) is 6.61 Å². The largest absolute Gasteiger partial charge is 0.467 e. The number of benzene rings is 2. The number of esters is 1. The Bertz CT molecular complexity index is 936. The van der Waals surface area contributed by atoms with Crippen LogP contribution in [0.5, 0.6) is 5.88 Å². The number of rotatable bonds is 7. The van der Waals surface area contributed by atoms with E-state index in [1.54, 1.807) is 24.3 Å². The zero-order chi connectivity index (χ0) is 19.1. The fraction of sp³-hybridized carbons (Fsp3) is 0.200. The second-order valence-electron chi connectivity index (χ2n) is 5.75. The van der Waals surface area contributed by atoms with Crippen LogP contribution in [0.4, 0.5) is 5.69 Å². The molecule has 1 heterocycles. The maximum atomic E-state index is 12.1. The van der Waals surface area contributed by atoms with E-state index in [-0.39, 0.29) is 18.5 Å². The highest BCUT2D eigenvalue weighted by Crippen LogP contribution is 2.20. The molecule has 0 spiro atoms. The molecule has 7 nitrogen and oxygen atoms in total. The van der Waals surface area contributed by atoms with E-state index in [2.05, 4.69) is 15.3 Å². The first-order valence-corrected chi connectivity index (χ1v) is 8.57. The predicted octanol–water partition coefficient (Wildman–Crippen LogP) is 3.21. The number of carbonyl (C=O) groups excluding carboxylic acids is 2. The van der Waals surface area contributed by atoms with Crippen LogP contribution < -0.4 is 10.1 Å². The number of hydrogen-bond donors (Lipinski definition) is 1. The van der Waals surface area contributed by atoms with E-state index < -0.39 is 0 Å². The van der Waals surface area contributed by atoms with E-state index in [4.69, 9.17) is 9.47 Å². The molecule has 0 aliphatic rings. The smallest absolute Gasteiger partial charge is 0.338 e. The molecule has 138 valence electrons. The number of amides is 1. The number of nitrogens with zero attached hydrogens (tertiary/aromatic N) is 2. The Labute approximate surface area is 156 Å². The standard InChI is InChI=1S/C20H19N3O4/c1-2-11-26-20(25)14-7-9-15(10-8-14)23-18(24)12-27-19-16-5-3-4-6-17(16)21-13-22-19/h3-10,13H,2,11-12H2,1H3,(H,23,24). The molecule has 0 saturated heterocycles. The van der Waals surface area contributed by atoms with Crippen molar-refractivity contribution in [3.05, 3.63) is 60.4 Å². The molecule has 0 unspecified atom stereocenters. The maximum Gasteiger partial charge on any atom is 0.338 e. The number of hydrogen-bond acceptors (Lipinski definition) is 6. The van der Waals surface area contributed by atoms with Gasteiger partial charge in [-0.1, -0.05) is 19.1 Å². The number of carbonyl (C=O) groups is 2. The summed E-state index contributed by atoms with van der Waals surface area (Å²) in [6.45, 7) is 2.12. The van der Waals surface area contributed by atoms with Gasteiger partial charge in [0.1, 0.15) is 6.33 Å². The molecule has 0 atom stereocenters. The van der Waals surface area contributed by atoms with Gasteiger partial charge in [-0.3, -0.25) is 4.79 Å². The Morgan fingerprint density at radius 1 is 1.04 bits per heavy atom. The Morgan fingerprint density at radius 2 is 1.81 bits per heavy atom. The lowest BCUT2D eigenvalue weighted by atomic mass is 10.2. The van der Waals surface area contributed by atoms with Crippen LogP contribution in [0.25, 0.3) is 10.9 Å². The SMILES string of the molecule is CCCOC(=O)c1ccc(NC(=O)COc2ncnc3ccccc23)cc1. The molecule has 1 aromatic heterocycles. The van der Waals surface area contributed by atoms with Crippen LogP contribution in [0.3, 0.4) is 0 Å². The molecule has 1 amide bonds. The molecule has 3 rings (SSSR count). The van der Waals surface area contributed by atoms with Crippen molar-refractivity contribution in [1.29, 1.82) is 0 Å². The number of aromatic nitrogens is 2. The Balaban J connectivity index is 1.57. The van der Waals surface area contributed by atoms with Crippen LogP contribution in [0.15, 0.2) is 54.9 Å². The van der Waals surface area contributed by atoms with Gasteiger partial charge in [-0.25, -0.2) is 14.8 Å². The minimum atomic E-state index is -0.381. The van der Waals surface area contributed by atoms with Gasteiger partial charge in [0.05, 0.1) is 23.1 Å². The third kappa shape index (κ3) is 4.78. The first kappa shape index (κ1) is 18.3. The summed E-state index contributed by atoms with van der Waals surface area (Å²) in [5.74, 6) is -0.363. The molecule has 0 radical (unpaired) electrons. The molecule has 3 aromatic rings. The summed E-state index contributed by atoms with van der Waals surface area (Å²) < 4.78 is 10.6. The Hall–Kier alpha value is -3.48. The molecule has 2 aromatic carbocycles. The van der Waals surface area contributed by atoms with Crippen molar-refractivity contribution in [2.75, 3.05) is 18.5 Å². The van der Waals surface area contributed by atoms with E-state index >= 15 is 0 Å². The molecule has 0 saturated carbocycles. The van der Waals surface area contributed by atoms with Crippen molar-refractivity contribution in [2.45, 2.75) is 13.3 Å². The summed E-state index contributed by atoms with van der Waals surface area (Å²) >= 11 is 0. The quantitative estimate of drug-likeness (QED) is 0.647. The lowest BCUT2D eigenvalue weighted by Gasteiger charge is -2.09. The first-order valence-electron chi connectivity index (χ1n) is 8.57. The number of para-hydroxylation sites is 1. The van der Waals surface area contributed by atoms with E-state index in [9.17, 15) is 9.59 Å². The van der Waals surface area contributed by atoms with Gasteiger partial charge in [0, 0.05) is 5.69 Å². The minimum Gasteiger partial charge on any atom is -0.467 e. The van der Waals surface area contributed by atoms with Crippen LogP contribution in [0.2, 0.25) is 0 Å². The van der Waals surface area contributed by atoms with Crippen molar-refractivity contribution in [2.24, 2.45) is 0 Å². The highest BCUT2D eigenvalue weighted by atomic mass is 16.5. The van der Waals surface area contributed by atoms with E-state index in [1.165, 1.54) is 6.33 Å². The lowest BCUT2D eigenvalue weighted by Crippen LogP contribution is -2.20. The molecule has 0 fully saturated rings. The van der Waals surface area contributed by atoms with Crippen molar-refractivity contribution in [3.63, 3.8) is 0 Å². The summed E-state index contributed by atoms with van der Waals surface area (Å²) in [5.41, 5.74) is 1.74. The van der Waals surface area contributed by atoms with Gasteiger partial charge in [-0.05, 0) is 42.8 Å². The van der Waals surface area contributed by atoms with Gasteiger partial charge in [0.2, 0.25) is 5.88 Å². The van der Waals surface area contributed by atoms with Crippen molar-refractivity contribution in [3.8, 4) is 5.88 Å². The van der Waals surface area contributed by atoms with Crippen LogP contribution in [-0.4, -0.2) is 35.1 Å². The fourth-order valence-corrected chi connectivity index (χ4v) is 2.39. The van der Waals surface area contributed by atoms with E-state index in [0.29, 0.717) is 23.7 Å². The van der Waals surface area contributed by atoms with Gasteiger partial charge in [-0.2, -0.15) is 0 Å². The van der Waals surface area contributed by atoms with Gasteiger partial charge in [-0.15, -0.1) is 0 Å². The average molecular weight is 365 g/mol. The Kier molecular flexibility index (Phi) is 5.94. The second kappa shape index (κ2) is 8.75. The summed E-state index contributed by atoms with van der Waals surface area (Å²) in [6.07, 6.45) is 2.16. The summed E-state index contributed by atoms with van der Waals surface area (Å²) in [5, 5.41) is 3.45. The number of fused-ring (bicyclic) bond motifs is 1. The number of ether oxygens (including phenoxy) is 2. The van der Waals surface area contributed by atoms with Crippen molar-refractivity contribution >= 4 is 28.5 Å². The molecule has 0 aliphatic carbocycles. The molecular weight excluding hydrogens is 346 g/mol. The molecular formula is C20H19N3O4. The monoisotopic (exact) mass is 365 g/mol. The molecule has 0 aliphatic heterocycles. The van der Waals surface area contributed by atoms with Crippen molar-refractivity contribution < 1.29 is 19.1 Å². The first-order chi connectivity index (χ1) is 13.2. The lowest BCUT2D eigenvalue weighted by molar-refractivity contribution is -0.118. The van der Waals surface area contributed by atoms with Gasteiger partial charge >= 0.3 is 5.97 Å². The number of anilines is 1. The van der Waals surface area contributed by atoms with E-state index in [0.717, 1.165) is 17.3 Å². The highest BCUT2D eigenvalue weighted by Gasteiger charge is 2.10. The Morgan fingerprint density at radius 3 is 2.59 bits per heavy atom. The second-order valence-corrected chi connectivity index (χ2v) is 5.75. The third-order valence-electron chi connectivity index (χ3n) is 3.69. The molecule has 1 N–H and O–H groups in total. The highest BCUT2D eigenvalue weighted by molar-refractivity contribution is 5.94. The summed E-state index contributed by atoms with van der Waals surface area (Å²) in [7, 11) is 0. The van der Waals surface area contributed by atoms with Gasteiger partial charge < -0.3 is 14.8 Å². The summed E-state index contributed by atoms with van der Waals surface area (Å²) in [6, 6.07) is 13.9. The van der Waals surface area contributed by atoms with Crippen LogP contribution in [0, 0.1) is 0 Å². The average Bonchev–Trinajstić information content (AvgIpc) is 2.71. The van der Waals surface area contributed by atoms with Crippen LogP contribution >= 0.6 is 0 Å². The minimum absolute atomic E-state index is 0.193. The van der Waals surface area contributed by atoms with E-state index in [1.807, 2.05) is 31.2 Å². The van der Waals surface area contributed by atoms with Crippen LogP contribution in [-0.2, 0) is 9.53 Å². The molecule has 27 heavy (non-hydrogen) atoms. The predicted molar refractivity (Wildman–Crippen MR) is 101 cm³/mol. The molecule has 7 heteroatoms. The maximum absolute atomic E-state index is 12.1. The zero-order valence-corrected chi connectivity index (χ0v) is 14.8. The normalized spacial score (nSPS) is 10.4. The van der Waals surface area contributed by atoms with Gasteiger partial charge in [0.25, 0.3) is 5.91 Å². The third-order valence-corrected chi connectivity index (χ3v) is 3.69. The number of nitrogens with one attached hydrogen (secondary N) is 1. The summed E-state index contributed by atoms with van der Waals surface area (Å²) in [4.78, 5) is 32.1. The van der Waals surface area contributed by atoms with Crippen molar-refractivity contribution in [1.82, 2.24) is 9.97 Å². The topological polar surface area (TPSA) is 90.4 Å². The van der Waals surface area contributed by atoms with Crippen LogP contribution in [0.1, 0.15) is 23.7 Å². The fourth-order valence-electron chi connectivity index (χ4n) is 2.39.